The largest absolute Gasteiger partial charge is 0.350 e. The summed E-state index contributed by atoms with van der Waals surface area (Å²) in [5.74, 6) is 0.0211. The maximum absolute atomic E-state index is 12.4. The molecule has 0 saturated heterocycles. The van der Waals surface area contributed by atoms with Crippen LogP contribution in [0.5, 0.6) is 0 Å². The van der Waals surface area contributed by atoms with Crippen molar-refractivity contribution in [3.8, 4) is 0 Å². The Balaban J connectivity index is 1.67. The first-order chi connectivity index (χ1) is 10.6. The van der Waals surface area contributed by atoms with Crippen LogP contribution in [0.15, 0.2) is 35.9 Å². The molecule has 1 aromatic carbocycles. The number of nitrogens with zero attached hydrogens (tertiary/aromatic N) is 1. The molecule has 0 atom stereocenters. The highest BCUT2D eigenvalue weighted by atomic mass is 16.1. The molecule has 2 aromatic rings. The molecule has 1 aliphatic carbocycles. The second-order valence-electron chi connectivity index (χ2n) is 6.26. The summed E-state index contributed by atoms with van der Waals surface area (Å²) in [6, 6.07) is 8.27. The molecule has 0 spiro atoms. The van der Waals surface area contributed by atoms with E-state index in [0.717, 1.165) is 29.6 Å². The quantitative estimate of drug-likeness (QED) is 0.847. The van der Waals surface area contributed by atoms with Crippen molar-refractivity contribution in [3.63, 3.8) is 0 Å². The van der Waals surface area contributed by atoms with Crippen molar-refractivity contribution < 1.29 is 4.79 Å². The molecule has 0 unspecified atom stereocenters. The molecule has 0 saturated carbocycles. The van der Waals surface area contributed by atoms with Crippen molar-refractivity contribution in [2.75, 3.05) is 6.54 Å². The van der Waals surface area contributed by atoms with Crippen molar-refractivity contribution in [2.24, 2.45) is 7.05 Å². The number of aromatic nitrogens is 1. The number of carbonyl (C=O) groups excluding carboxylic acids is 1. The van der Waals surface area contributed by atoms with E-state index in [0.29, 0.717) is 0 Å². The van der Waals surface area contributed by atoms with Crippen LogP contribution < -0.4 is 5.32 Å². The zero-order chi connectivity index (χ0) is 15.5. The Morgan fingerprint density at radius 2 is 2.14 bits per heavy atom. The summed E-state index contributed by atoms with van der Waals surface area (Å²) in [5.41, 5.74) is 4.55. The number of fused-ring (bicyclic) bond motifs is 1. The van der Waals surface area contributed by atoms with Crippen molar-refractivity contribution in [2.45, 2.75) is 39.0 Å². The number of rotatable bonds is 4. The Morgan fingerprint density at radius 3 is 2.91 bits per heavy atom. The van der Waals surface area contributed by atoms with E-state index in [1.54, 1.807) is 0 Å². The number of carbonyl (C=O) groups is 1. The van der Waals surface area contributed by atoms with Gasteiger partial charge in [-0.25, -0.2) is 0 Å². The molecule has 0 radical (unpaired) electrons. The molecule has 0 fully saturated rings. The molecular weight excluding hydrogens is 272 g/mol. The van der Waals surface area contributed by atoms with Gasteiger partial charge in [0.05, 0.1) is 0 Å². The van der Waals surface area contributed by atoms with E-state index in [9.17, 15) is 4.79 Å². The summed E-state index contributed by atoms with van der Waals surface area (Å²) < 4.78 is 1.98. The van der Waals surface area contributed by atoms with Crippen LogP contribution in [0.4, 0.5) is 0 Å². The zero-order valence-corrected chi connectivity index (χ0v) is 13.5. The summed E-state index contributed by atoms with van der Waals surface area (Å²) in [5, 5.41) is 4.19. The van der Waals surface area contributed by atoms with Gasteiger partial charge >= 0.3 is 0 Å². The third kappa shape index (κ3) is 3.08. The molecule has 1 heterocycles. The number of hydrogen-bond acceptors (Lipinski definition) is 1. The summed E-state index contributed by atoms with van der Waals surface area (Å²) in [4.78, 5) is 12.4. The molecule has 3 heteroatoms. The third-order valence-electron chi connectivity index (χ3n) is 4.55. The molecule has 1 N–H and O–H groups in total. The number of amides is 1. The van der Waals surface area contributed by atoms with Crippen LogP contribution in [0.2, 0.25) is 0 Å². The molecule has 116 valence electrons. The van der Waals surface area contributed by atoms with Crippen LogP contribution in [0.3, 0.4) is 0 Å². The Hall–Kier alpha value is -2.03. The van der Waals surface area contributed by atoms with Crippen molar-refractivity contribution in [1.82, 2.24) is 9.88 Å². The minimum Gasteiger partial charge on any atom is -0.350 e. The van der Waals surface area contributed by atoms with Gasteiger partial charge in [0, 0.05) is 24.5 Å². The fraction of sp³-hybridized carbons (Fsp3) is 0.421. The summed E-state index contributed by atoms with van der Waals surface area (Å²) in [7, 11) is 1.95. The minimum atomic E-state index is 0.0211. The predicted molar refractivity (Wildman–Crippen MR) is 91.2 cm³/mol. The highest BCUT2D eigenvalue weighted by Gasteiger charge is 2.13. The number of allylic oxidation sites excluding steroid dienone is 1. The van der Waals surface area contributed by atoms with Gasteiger partial charge in [-0.3, -0.25) is 4.79 Å². The average Bonchev–Trinajstić information content (AvgIpc) is 2.84. The van der Waals surface area contributed by atoms with Crippen LogP contribution in [-0.4, -0.2) is 17.0 Å². The Kier molecular flexibility index (Phi) is 4.32. The maximum atomic E-state index is 12.4. The number of hydrogen-bond donors (Lipinski definition) is 1. The van der Waals surface area contributed by atoms with Gasteiger partial charge < -0.3 is 9.88 Å². The van der Waals surface area contributed by atoms with E-state index in [1.165, 1.54) is 36.8 Å². The normalized spacial score (nSPS) is 14.9. The number of nitrogens with one attached hydrogen (secondary N) is 1. The minimum absolute atomic E-state index is 0.0211. The first kappa shape index (κ1) is 14.9. The number of aryl methyl sites for hydroxylation is 2. The lowest BCUT2D eigenvalue weighted by molar-refractivity contribution is 0.0946. The van der Waals surface area contributed by atoms with Gasteiger partial charge in [0.2, 0.25) is 0 Å². The van der Waals surface area contributed by atoms with Crippen LogP contribution in [0, 0.1) is 6.92 Å². The van der Waals surface area contributed by atoms with Gasteiger partial charge in [0.15, 0.2) is 0 Å². The molecule has 0 aliphatic heterocycles. The van der Waals surface area contributed by atoms with E-state index in [1.807, 2.05) is 17.7 Å². The standard InChI is InChI=1S/C19H24N2O/c1-14-8-9-17-16(12-14)13-18(21(17)2)19(22)20-11-10-15-6-4-3-5-7-15/h6,8-9,12-13H,3-5,7,10-11H2,1-2H3,(H,20,22). The van der Waals surface area contributed by atoms with Crippen molar-refractivity contribution >= 4 is 16.8 Å². The molecule has 3 nitrogen and oxygen atoms in total. The molecule has 22 heavy (non-hydrogen) atoms. The van der Waals surface area contributed by atoms with E-state index in [-0.39, 0.29) is 5.91 Å². The van der Waals surface area contributed by atoms with Crippen LogP contribution >= 0.6 is 0 Å². The topological polar surface area (TPSA) is 34.0 Å². The SMILES string of the molecule is Cc1ccc2c(c1)cc(C(=O)NCCC1=CCCCC1)n2C. The molecular formula is C19H24N2O. The highest BCUT2D eigenvalue weighted by molar-refractivity contribution is 5.98. The van der Waals surface area contributed by atoms with Gasteiger partial charge in [0.25, 0.3) is 5.91 Å². The van der Waals surface area contributed by atoms with E-state index >= 15 is 0 Å². The van der Waals surface area contributed by atoms with E-state index in [4.69, 9.17) is 0 Å². The Labute approximate surface area is 132 Å². The lowest BCUT2D eigenvalue weighted by Crippen LogP contribution is -2.26. The van der Waals surface area contributed by atoms with E-state index in [2.05, 4.69) is 36.5 Å². The number of benzene rings is 1. The molecule has 0 bridgehead atoms. The van der Waals surface area contributed by atoms with Gasteiger partial charge in [-0.2, -0.15) is 0 Å². The first-order valence-corrected chi connectivity index (χ1v) is 8.17. The van der Waals surface area contributed by atoms with Crippen LogP contribution in [0.1, 0.15) is 48.2 Å². The second-order valence-corrected chi connectivity index (χ2v) is 6.26. The smallest absolute Gasteiger partial charge is 0.267 e. The van der Waals surface area contributed by atoms with Gasteiger partial charge in [0.1, 0.15) is 5.69 Å². The summed E-state index contributed by atoms with van der Waals surface area (Å²) in [6.45, 7) is 2.80. The predicted octanol–water partition coefficient (Wildman–Crippen LogP) is 4.11. The fourth-order valence-electron chi connectivity index (χ4n) is 3.25. The molecule has 1 aliphatic rings. The van der Waals surface area contributed by atoms with E-state index < -0.39 is 0 Å². The van der Waals surface area contributed by atoms with Crippen LogP contribution in [0.25, 0.3) is 10.9 Å². The third-order valence-corrected chi connectivity index (χ3v) is 4.55. The van der Waals surface area contributed by atoms with Gasteiger partial charge in [-0.05, 0) is 57.2 Å². The zero-order valence-electron chi connectivity index (χ0n) is 13.5. The monoisotopic (exact) mass is 296 g/mol. The van der Waals surface area contributed by atoms with Crippen molar-refractivity contribution in [3.05, 3.63) is 47.2 Å². The first-order valence-electron chi connectivity index (χ1n) is 8.17. The Morgan fingerprint density at radius 1 is 1.27 bits per heavy atom. The highest BCUT2D eigenvalue weighted by Crippen LogP contribution is 2.21. The Bertz CT molecular complexity index is 724. The molecule has 1 aromatic heterocycles. The fourth-order valence-corrected chi connectivity index (χ4v) is 3.25. The van der Waals surface area contributed by atoms with Gasteiger partial charge in [-0.15, -0.1) is 0 Å². The summed E-state index contributed by atoms with van der Waals surface area (Å²) >= 11 is 0. The van der Waals surface area contributed by atoms with Crippen LogP contribution in [-0.2, 0) is 7.05 Å². The average molecular weight is 296 g/mol. The molecule has 1 amide bonds. The van der Waals surface area contributed by atoms with Gasteiger partial charge in [-0.1, -0.05) is 23.3 Å². The molecule has 3 rings (SSSR count). The lowest BCUT2D eigenvalue weighted by Gasteiger charge is -2.13. The maximum Gasteiger partial charge on any atom is 0.267 e. The van der Waals surface area contributed by atoms with Crippen molar-refractivity contribution in [1.29, 1.82) is 0 Å². The second kappa shape index (κ2) is 6.39. The summed E-state index contributed by atoms with van der Waals surface area (Å²) in [6.07, 6.45) is 8.33. The lowest BCUT2D eigenvalue weighted by atomic mass is 9.97.